The molecule has 0 aliphatic carbocycles. The van der Waals surface area contributed by atoms with Gasteiger partial charge >= 0.3 is 6.18 Å². The van der Waals surface area contributed by atoms with Gasteiger partial charge in [-0.15, -0.1) is 0 Å². The van der Waals surface area contributed by atoms with Crippen molar-refractivity contribution in [2.24, 2.45) is 5.84 Å². The van der Waals surface area contributed by atoms with Crippen molar-refractivity contribution in [3.05, 3.63) is 29.0 Å². The van der Waals surface area contributed by atoms with E-state index >= 15 is 0 Å². The molecule has 1 aromatic heterocycles. The van der Waals surface area contributed by atoms with Gasteiger partial charge in [0.1, 0.15) is 0 Å². The maximum Gasteiger partial charge on any atom is 0.389 e. The van der Waals surface area contributed by atoms with Crippen LogP contribution in [0.3, 0.4) is 0 Å². The van der Waals surface area contributed by atoms with Gasteiger partial charge in [0, 0.05) is 24.9 Å². The zero-order valence-electron chi connectivity index (χ0n) is 8.97. The van der Waals surface area contributed by atoms with Crippen molar-refractivity contribution in [2.45, 2.75) is 31.5 Å². The maximum absolute atomic E-state index is 12.1. The van der Waals surface area contributed by atoms with E-state index in [4.69, 9.17) is 17.4 Å². The average molecular weight is 268 g/mol. The zero-order chi connectivity index (χ0) is 12.9. The van der Waals surface area contributed by atoms with Gasteiger partial charge in [-0.05, 0) is 24.5 Å². The van der Waals surface area contributed by atoms with Crippen LogP contribution < -0.4 is 11.3 Å². The van der Waals surface area contributed by atoms with Gasteiger partial charge in [-0.25, -0.2) is 0 Å². The van der Waals surface area contributed by atoms with Gasteiger partial charge in [-0.2, -0.15) is 13.2 Å². The van der Waals surface area contributed by atoms with Crippen molar-refractivity contribution in [1.82, 2.24) is 10.4 Å². The van der Waals surface area contributed by atoms with E-state index in [-0.39, 0.29) is 6.42 Å². The van der Waals surface area contributed by atoms with Gasteiger partial charge in [-0.1, -0.05) is 11.6 Å². The minimum atomic E-state index is -4.17. The van der Waals surface area contributed by atoms with Crippen molar-refractivity contribution >= 4 is 11.6 Å². The van der Waals surface area contributed by atoms with E-state index in [0.717, 1.165) is 5.56 Å². The molecule has 0 bridgehead atoms. The van der Waals surface area contributed by atoms with Crippen molar-refractivity contribution < 1.29 is 13.2 Å². The van der Waals surface area contributed by atoms with Crippen LogP contribution in [-0.2, 0) is 6.42 Å². The molecule has 0 aromatic carbocycles. The molecule has 1 unspecified atom stereocenters. The monoisotopic (exact) mass is 267 g/mol. The first-order valence-corrected chi connectivity index (χ1v) is 5.41. The van der Waals surface area contributed by atoms with E-state index < -0.39 is 18.6 Å². The number of nitrogens with two attached hydrogens (primary N) is 1. The fourth-order valence-electron chi connectivity index (χ4n) is 1.42. The summed E-state index contributed by atoms with van der Waals surface area (Å²) < 4.78 is 36.2. The Bertz CT molecular complexity index is 357. The summed E-state index contributed by atoms with van der Waals surface area (Å²) >= 11 is 5.86. The predicted octanol–water partition coefficient (Wildman–Crippen LogP) is 2.45. The first-order chi connectivity index (χ1) is 7.92. The Balaban J connectivity index is 2.56. The van der Waals surface area contributed by atoms with Crippen molar-refractivity contribution in [3.8, 4) is 0 Å². The molecule has 0 spiro atoms. The summed E-state index contributed by atoms with van der Waals surface area (Å²) in [6.07, 6.45) is -1.79. The summed E-state index contributed by atoms with van der Waals surface area (Å²) in [7, 11) is 0. The maximum atomic E-state index is 12.1. The predicted molar refractivity (Wildman–Crippen MR) is 59.4 cm³/mol. The van der Waals surface area contributed by atoms with Crippen molar-refractivity contribution in [3.63, 3.8) is 0 Å². The number of hydrogen-bond donors (Lipinski definition) is 2. The number of nitrogens with one attached hydrogen (secondary N) is 1. The normalized spacial score (nSPS) is 13.7. The molecule has 1 aromatic rings. The topological polar surface area (TPSA) is 50.9 Å². The van der Waals surface area contributed by atoms with Crippen LogP contribution in [0, 0.1) is 0 Å². The largest absolute Gasteiger partial charge is 0.389 e. The SMILES string of the molecule is NNC(CCC(F)(F)F)Cc1ccncc1Cl. The fourth-order valence-corrected chi connectivity index (χ4v) is 1.61. The summed E-state index contributed by atoms with van der Waals surface area (Å²) in [5.41, 5.74) is 3.10. The zero-order valence-corrected chi connectivity index (χ0v) is 9.72. The third kappa shape index (κ3) is 5.34. The van der Waals surface area contributed by atoms with Crippen molar-refractivity contribution in [1.29, 1.82) is 0 Å². The Morgan fingerprint density at radius 1 is 1.47 bits per heavy atom. The van der Waals surface area contributed by atoms with Gasteiger partial charge in [0.2, 0.25) is 0 Å². The van der Waals surface area contributed by atoms with Crippen LogP contribution in [0.25, 0.3) is 0 Å². The molecule has 17 heavy (non-hydrogen) atoms. The number of aromatic nitrogens is 1. The number of pyridine rings is 1. The standard InChI is InChI=1S/C10H13ClF3N3/c11-9-6-16-4-2-7(9)5-8(17-15)1-3-10(12,13)14/h2,4,6,8,17H,1,3,5,15H2. The van der Waals surface area contributed by atoms with Gasteiger partial charge in [0.05, 0.1) is 5.02 Å². The molecule has 0 aliphatic heterocycles. The summed E-state index contributed by atoms with van der Waals surface area (Å²) in [4.78, 5) is 3.80. The molecule has 1 rings (SSSR count). The van der Waals surface area contributed by atoms with Crippen LogP contribution in [0.1, 0.15) is 18.4 Å². The van der Waals surface area contributed by atoms with Crippen LogP contribution in [0.5, 0.6) is 0 Å². The molecule has 3 N–H and O–H groups in total. The van der Waals surface area contributed by atoms with Gasteiger partial charge in [-0.3, -0.25) is 16.3 Å². The molecule has 0 radical (unpaired) electrons. The second-order valence-corrected chi connectivity index (χ2v) is 4.10. The molecule has 3 nitrogen and oxygen atoms in total. The second kappa shape index (κ2) is 6.18. The minimum absolute atomic E-state index is 0.0847. The quantitative estimate of drug-likeness (QED) is 0.636. The highest BCUT2D eigenvalue weighted by Crippen LogP contribution is 2.24. The molecule has 0 saturated heterocycles. The molecule has 1 heterocycles. The van der Waals surface area contributed by atoms with E-state index in [9.17, 15) is 13.2 Å². The van der Waals surface area contributed by atoms with Crippen LogP contribution in [0.15, 0.2) is 18.5 Å². The number of rotatable bonds is 5. The van der Waals surface area contributed by atoms with E-state index in [2.05, 4.69) is 10.4 Å². The third-order valence-corrected chi connectivity index (χ3v) is 2.68. The lowest BCUT2D eigenvalue weighted by molar-refractivity contribution is -0.136. The Morgan fingerprint density at radius 2 is 2.18 bits per heavy atom. The Hall–Kier alpha value is -0.850. The van der Waals surface area contributed by atoms with Gasteiger partial charge in [0.25, 0.3) is 0 Å². The molecule has 1 atom stereocenters. The van der Waals surface area contributed by atoms with Crippen LogP contribution in [0.4, 0.5) is 13.2 Å². The first-order valence-electron chi connectivity index (χ1n) is 5.03. The van der Waals surface area contributed by atoms with E-state index in [1.54, 1.807) is 12.3 Å². The molecule has 0 aliphatic rings. The molecule has 0 fully saturated rings. The number of alkyl halides is 3. The van der Waals surface area contributed by atoms with Gasteiger partial charge < -0.3 is 0 Å². The smallest absolute Gasteiger partial charge is 0.271 e. The highest BCUT2D eigenvalue weighted by molar-refractivity contribution is 6.31. The highest BCUT2D eigenvalue weighted by Gasteiger charge is 2.28. The molecular formula is C10H13ClF3N3. The first kappa shape index (κ1) is 14.2. The highest BCUT2D eigenvalue weighted by atomic mass is 35.5. The van der Waals surface area contributed by atoms with Crippen LogP contribution in [0.2, 0.25) is 5.02 Å². The second-order valence-electron chi connectivity index (χ2n) is 3.69. The minimum Gasteiger partial charge on any atom is -0.271 e. The number of nitrogens with zero attached hydrogens (tertiary/aromatic N) is 1. The summed E-state index contributed by atoms with van der Waals surface area (Å²) in [5.74, 6) is 5.22. The summed E-state index contributed by atoms with van der Waals surface area (Å²) in [5, 5.41) is 0.430. The number of hydrazine groups is 1. The van der Waals surface area contributed by atoms with E-state index in [0.29, 0.717) is 11.4 Å². The molecular weight excluding hydrogens is 255 g/mol. The average Bonchev–Trinajstić information content (AvgIpc) is 2.25. The lowest BCUT2D eigenvalue weighted by atomic mass is 10.0. The lowest BCUT2D eigenvalue weighted by Gasteiger charge is -2.17. The molecule has 96 valence electrons. The summed E-state index contributed by atoms with van der Waals surface area (Å²) in [6.45, 7) is 0. The number of halogens is 4. The van der Waals surface area contributed by atoms with Gasteiger partial charge in [0.15, 0.2) is 0 Å². The van der Waals surface area contributed by atoms with Crippen LogP contribution in [-0.4, -0.2) is 17.2 Å². The van der Waals surface area contributed by atoms with Crippen molar-refractivity contribution in [2.75, 3.05) is 0 Å². The molecule has 0 saturated carbocycles. The Labute approximate surface area is 102 Å². The molecule has 0 amide bonds. The Kier molecular flexibility index (Phi) is 5.17. The van der Waals surface area contributed by atoms with E-state index in [1.165, 1.54) is 6.20 Å². The summed E-state index contributed by atoms with van der Waals surface area (Å²) in [6, 6.07) is 1.21. The Morgan fingerprint density at radius 3 is 2.71 bits per heavy atom. The van der Waals surface area contributed by atoms with Crippen LogP contribution >= 0.6 is 11.6 Å². The fraction of sp³-hybridized carbons (Fsp3) is 0.500. The lowest BCUT2D eigenvalue weighted by Crippen LogP contribution is -2.37. The van der Waals surface area contributed by atoms with E-state index in [1.807, 2.05) is 0 Å². The molecule has 7 heteroatoms. The third-order valence-electron chi connectivity index (χ3n) is 2.33. The number of hydrogen-bond acceptors (Lipinski definition) is 3.